The number of nitrogens with zero attached hydrogens (tertiary/aromatic N) is 3. The van der Waals surface area contributed by atoms with Crippen LogP contribution in [-0.4, -0.2) is 43.7 Å². The van der Waals surface area contributed by atoms with E-state index in [1.54, 1.807) is 0 Å². The lowest BCUT2D eigenvalue weighted by atomic mass is 9.98. The maximum absolute atomic E-state index is 4.57. The van der Waals surface area contributed by atoms with Gasteiger partial charge in [-0.25, -0.2) is 4.98 Å². The van der Waals surface area contributed by atoms with Crippen LogP contribution in [0.25, 0.3) is 0 Å². The molecule has 1 aromatic heterocycles. The second kappa shape index (κ2) is 9.43. The Labute approximate surface area is 180 Å². The fourth-order valence-electron chi connectivity index (χ4n) is 4.27. The SMILES string of the molecule is CN=C(NCC(C1CC1)C1CC1)NC1CCN(c2ccc(C)cn2)CC1.I. The molecule has 1 aromatic rings. The van der Waals surface area contributed by atoms with E-state index >= 15 is 0 Å². The minimum atomic E-state index is 0. The number of aromatic nitrogens is 1. The second-order valence-corrected chi connectivity index (χ2v) is 8.39. The zero-order chi connectivity index (χ0) is 17.9. The Hall–Kier alpha value is -1.05. The molecule has 5 nitrogen and oxygen atoms in total. The van der Waals surface area contributed by atoms with E-state index in [4.69, 9.17) is 0 Å². The van der Waals surface area contributed by atoms with Crippen LogP contribution in [0.4, 0.5) is 5.82 Å². The van der Waals surface area contributed by atoms with Crippen molar-refractivity contribution < 1.29 is 0 Å². The first-order valence-electron chi connectivity index (χ1n) is 10.4. The number of aliphatic imine (C=N–C) groups is 1. The van der Waals surface area contributed by atoms with Crippen LogP contribution in [0, 0.1) is 24.7 Å². The summed E-state index contributed by atoms with van der Waals surface area (Å²) in [5, 5.41) is 7.27. The number of halogens is 1. The molecule has 0 bridgehead atoms. The normalized spacial score (nSPS) is 21.1. The number of hydrogen-bond donors (Lipinski definition) is 2. The standard InChI is InChI=1S/C21H33N5.HI/c1-15-3-8-20(23-13-15)26-11-9-18(10-12-26)25-21(22-2)24-14-19(16-4-5-16)17-6-7-17;/h3,8,13,16-19H,4-7,9-12,14H2,1-2H3,(H2,22,24,25);1H. The minimum absolute atomic E-state index is 0. The lowest BCUT2D eigenvalue weighted by Gasteiger charge is -2.34. The molecule has 150 valence electrons. The van der Waals surface area contributed by atoms with E-state index in [1.165, 1.54) is 31.2 Å². The highest BCUT2D eigenvalue weighted by Crippen LogP contribution is 2.48. The molecule has 1 saturated heterocycles. The van der Waals surface area contributed by atoms with Gasteiger partial charge < -0.3 is 15.5 Å². The lowest BCUT2D eigenvalue weighted by molar-refractivity contribution is 0.396. The fraction of sp³-hybridized carbons (Fsp3) is 0.714. The topological polar surface area (TPSA) is 52.6 Å². The van der Waals surface area contributed by atoms with Crippen LogP contribution in [0.15, 0.2) is 23.3 Å². The molecule has 0 spiro atoms. The number of anilines is 1. The van der Waals surface area contributed by atoms with Gasteiger partial charge in [0.2, 0.25) is 0 Å². The van der Waals surface area contributed by atoms with Gasteiger partial charge in [-0.3, -0.25) is 4.99 Å². The molecule has 2 saturated carbocycles. The maximum Gasteiger partial charge on any atom is 0.191 e. The third-order valence-electron chi connectivity index (χ3n) is 6.24. The minimum Gasteiger partial charge on any atom is -0.356 e. The van der Waals surface area contributed by atoms with Crippen molar-refractivity contribution in [3.63, 3.8) is 0 Å². The van der Waals surface area contributed by atoms with Gasteiger partial charge in [-0.2, -0.15) is 0 Å². The molecule has 0 aromatic carbocycles. The predicted octanol–water partition coefficient (Wildman–Crippen LogP) is 3.58. The van der Waals surface area contributed by atoms with Crippen molar-refractivity contribution in [1.82, 2.24) is 15.6 Å². The van der Waals surface area contributed by atoms with Gasteiger partial charge in [0.25, 0.3) is 0 Å². The molecule has 27 heavy (non-hydrogen) atoms. The van der Waals surface area contributed by atoms with Crippen molar-refractivity contribution in [2.45, 2.75) is 51.5 Å². The Morgan fingerprint density at radius 2 is 1.81 bits per heavy atom. The summed E-state index contributed by atoms with van der Waals surface area (Å²) >= 11 is 0. The highest BCUT2D eigenvalue weighted by atomic mass is 127. The van der Waals surface area contributed by atoms with E-state index in [0.29, 0.717) is 6.04 Å². The number of hydrogen-bond acceptors (Lipinski definition) is 3. The average molecular weight is 483 g/mol. The predicted molar refractivity (Wildman–Crippen MR) is 123 cm³/mol. The largest absolute Gasteiger partial charge is 0.356 e. The molecular formula is C21H34IN5. The summed E-state index contributed by atoms with van der Waals surface area (Å²) in [5.74, 6) is 4.94. The summed E-state index contributed by atoms with van der Waals surface area (Å²) in [6.07, 6.45) is 10.00. The summed E-state index contributed by atoms with van der Waals surface area (Å²) in [7, 11) is 1.89. The molecule has 0 unspecified atom stereocenters. The Morgan fingerprint density at radius 3 is 2.33 bits per heavy atom. The van der Waals surface area contributed by atoms with Crippen molar-refractivity contribution in [3.05, 3.63) is 23.9 Å². The van der Waals surface area contributed by atoms with E-state index < -0.39 is 0 Å². The van der Waals surface area contributed by atoms with Crippen molar-refractivity contribution in [2.75, 3.05) is 31.6 Å². The summed E-state index contributed by atoms with van der Waals surface area (Å²) in [4.78, 5) is 11.4. The third kappa shape index (κ3) is 5.72. The lowest BCUT2D eigenvalue weighted by Crippen LogP contribution is -2.49. The molecule has 1 aliphatic heterocycles. The Morgan fingerprint density at radius 1 is 1.15 bits per heavy atom. The number of rotatable bonds is 6. The molecule has 2 aliphatic carbocycles. The van der Waals surface area contributed by atoms with Crippen LogP contribution >= 0.6 is 24.0 Å². The van der Waals surface area contributed by atoms with Crippen LogP contribution in [0.2, 0.25) is 0 Å². The zero-order valence-electron chi connectivity index (χ0n) is 16.7. The molecule has 3 aliphatic rings. The van der Waals surface area contributed by atoms with E-state index in [9.17, 15) is 0 Å². The highest BCUT2D eigenvalue weighted by Gasteiger charge is 2.41. The second-order valence-electron chi connectivity index (χ2n) is 8.39. The van der Waals surface area contributed by atoms with Crippen molar-refractivity contribution in [2.24, 2.45) is 22.7 Å². The van der Waals surface area contributed by atoms with Gasteiger partial charge in [-0.15, -0.1) is 24.0 Å². The van der Waals surface area contributed by atoms with Crippen molar-refractivity contribution in [1.29, 1.82) is 0 Å². The van der Waals surface area contributed by atoms with Gasteiger partial charge >= 0.3 is 0 Å². The molecule has 0 radical (unpaired) electrons. The molecule has 3 fully saturated rings. The molecular weight excluding hydrogens is 449 g/mol. The Kier molecular flexibility index (Phi) is 7.22. The molecule has 6 heteroatoms. The van der Waals surface area contributed by atoms with Gasteiger partial charge in [-0.1, -0.05) is 6.07 Å². The number of nitrogens with one attached hydrogen (secondary N) is 2. The first-order valence-corrected chi connectivity index (χ1v) is 10.4. The Bertz CT molecular complexity index is 604. The van der Waals surface area contributed by atoms with E-state index in [2.05, 4.69) is 44.6 Å². The van der Waals surface area contributed by atoms with Crippen LogP contribution in [-0.2, 0) is 0 Å². The number of pyridine rings is 1. The van der Waals surface area contributed by atoms with Crippen molar-refractivity contribution in [3.8, 4) is 0 Å². The van der Waals surface area contributed by atoms with Crippen LogP contribution in [0.5, 0.6) is 0 Å². The van der Waals surface area contributed by atoms with Gasteiger partial charge in [0.15, 0.2) is 5.96 Å². The average Bonchev–Trinajstić information content (AvgIpc) is 3.56. The summed E-state index contributed by atoms with van der Waals surface area (Å²) in [6, 6.07) is 4.79. The third-order valence-corrected chi connectivity index (χ3v) is 6.24. The quantitative estimate of drug-likeness (QED) is 0.369. The molecule has 2 N–H and O–H groups in total. The van der Waals surface area contributed by atoms with Crippen LogP contribution < -0.4 is 15.5 Å². The van der Waals surface area contributed by atoms with Gasteiger partial charge in [0.1, 0.15) is 5.82 Å². The van der Waals surface area contributed by atoms with Crippen molar-refractivity contribution >= 4 is 35.8 Å². The number of guanidine groups is 1. The van der Waals surface area contributed by atoms with Gasteiger partial charge in [-0.05, 0) is 74.8 Å². The fourth-order valence-corrected chi connectivity index (χ4v) is 4.27. The summed E-state index contributed by atoms with van der Waals surface area (Å²) in [6.45, 7) is 5.29. The number of aryl methyl sites for hydroxylation is 1. The molecule has 2 heterocycles. The van der Waals surface area contributed by atoms with Gasteiger partial charge in [0.05, 0.1) is 0 Å². The maximum atomic E-state index is 4.57. The monoisotopic (exact) mass is 483 g/mol. The zero-order valence-corrected chi connectivity index (χ0v) is 19.0. The first kappa shape index (κ1) is 20.7. The van der Waals surface area contributed by atoms with E-state index in [-0.39, 0.29) is 24.0 Å². The van der Waals surface area contributed by atoms with Crippen LogP contribution in [0.1, 0.15) is 44.1 Å². The van der Waals surface area contributed by atoms with Crippen LogP contribution in [0.3, 0.4) is 0 Å². The van der Waals surface area contributed by atoms with E-state index in [0.717, 1.165) is 62.0 Å². The first-order chi connectivity index (χ1) is 12.7. The summed E-state index contributed by atoms with van der Waals surface area (Å²) < 4.78 is 0. The number of piperidine rings is 1. The van der Waals surface area contributed by atoms with E-state index in [1.807, 2.05) is 13.2 Å². The van der Waals surface area contributed by atoms with Gasteiger partial charge in [0, 0.05) is 38.9 Å². The smallest absolute Gasteiger partial charge is 0.191 e. The molecule has 0 atom stereocenters. The highest BCUT2D eigenvalue weighted by molar-refractivity contribution is 14.0. The molecule has 0 amide bonds. The molecule has 4 rings (SSSR count). The summed E-state index contributed by atoms with van der Waals surface area (Å²) in [5.41, 5.74) is 1.22. The Balaban J connectivity index is 0.00000210.